The molecule has 0 saturated carbocycles. The summed E-state index contributed by atoms with van der Waals surface area (Å²) in [4.78, 5) is 15.6. The van der Waals surface area contributed by atoms with E-state index in [9.17, 15) is 18.0 Å². The number of benzene rings is 1. The van der Waals surface area contributed by atoms with Gasteiger partial charge in [0.05, 0.1) is 12.7 Å². The van der Waals surface area contributed by atoms with Crippen molar-refractivity contribution in [3.63, 3.8) is 0 Å². The Morgan fingerprint density at radius 1 is 1.35 bits per heavy atom. The molecule has 1 aromatic carbocycles. The summed E-state index contributed by atoms with van der Waals surface area (Å²) in [7, 11) is 1.28. The van der Waals surface area contributed by atoms with E-state index in [0.717, 1.165) is 12.1 Å². The zero-order valence-electron chi connectivity index (χ0n) is 13.7. The van der Waals surface area contributed by atoms with Crippen molar-refractivity contribution in [3.05, 3.63) is 36.2 Å². The minimum atomic E-state index is -4.52. The van der Waals surface area contributed by atoms with Crippen molar-refractivity contribution in [3.8, 4) is 17.1 Å². The van der Waals surface area contributed by atoms with Crippen LogP contribution in [0, 0.1) is 0 Å². The van der Waals surface area contributed by atoms with Gasteiger partial charge in [0.1, 0.15) is 18.2 Å². The van der Waals surface area contributed by atoms with E-state index in [1.165, 1.54) is 36.5 Å². The lowest BCUT2D eigenvalue weighted by molar-refractivity contribution is -0.145. The molecule has 7 nitrogen and oxygen atoms in total. The monoisotopic (exact) mass is 368 g/mol. The Hall–Kier alpha value is -2.88. The van der Waals surface area contributed by atoms with Gasteiger partial charge < -0.3 is 14.8 Å². The highest BCUT2D eigenvalue weighted by molar-refractivity contribution is 5.85. The third-order valence-electron chi connectivity index (χ3n) is 3.63. The van der Waals surface area contributed by atoms with Gasteiger partial charge in [0.15, 0.2) is 5.82 Å². The molecule has 1 aliphatic rings. The number of nitrogens with zero attached hydrogens (tertiary/aromatic N) is 3. The van der Waals surface area contributed by atoms with Crippen LogP contribution in [0.5, 0.6) is 5.75 Å². The zero-order valence-corrected chi connectivity index (χ0v) is 13.7. The number of rotatable bonds is 5. The van der Waals surface area contributed by atoms with Crippen molar-refractivity contribution in [1.29, 1.82) is 0 Å². The molecule has 0 radical (unpaired) electrons. The fourth-order valence-electron chi connectivity index (χ4n) is 2.17. The van der Waals surface area contributed by atoms with Crippen LogP contribution in [-0.2, 0) is 15.7 Å². The normalized spacial score (nSPS) is 15.1. The van der Waals surface area contributed by atoms with E-state index in [-0.39, 0.29) is 23.2 Å². The second-order valence-corrected chi connectivity index (χ2v) is 5.53. The molecule has 3 rings (SSSR count). The molecule has 1 fully saturated rings. The molecule has 10 heteroatoms. The number of aromatic nitrogens is 3. The zero-order chi connectivity index (χ0) is 18.7. The summed E-state index contributed by atoms with van der Waals surface area (Å²) in [5.41, 5.74) is -0.719. The molecule has 2 heterocycles. The quantitative estimate of drug-likeness (QED) is 0.642. The fourth-order valence-corrected chi connectivity index (χ4v) is 2.17. The SMILES string of the molecule is COc1cc(-c2ncn(/C=C\C(=O)OC3CNC3)n2)cc(C(F)(F)F)c1. The largest absolute Gasteiger partial charge is 0.497 e. The van der Waals surface area contributed by atoms with E-state index in [1.54, 1.807) is 0 Å². The number of hydrogen-bond acceptors (Lipinski definition) is 6. The van der Waals surface area contributed by atoms with Crippen LogP contribution >= 0.6 is 0 Å². The van der Waals surface area contributed by atoms with Gasteiger partial charge in [-0.3, -0.25) is 0 Å². The summed E-state index contributed by atoms with van der Waals surface area (Å²) < 4.78 is 50.2. The number of hydrogen-bond donors (Lipinski definition) is 1. The van der Waals surface area contributed by atoms with Gasteiger partial charge in [0.2, 0.25) is 0 Å². The molecule has 1 saturated heterocycles. The summed E-state index contributed by atoms with van der Waals surface area (Å²) >= 11 is 0. The molecule has 0 spiro atoms. The minimum Gasteiger partial charge on any atom is -0.497 e. The minimum absolute atomic E-state index is 0.0411. The molecule has 26 heavy (non-hydrogen) atoms. The van der Waals surface area contributed by atoms with Gasteiger partial charge >= 0.3 is 12.1 Å². The third kappa shape index (κ3) is 4.20. The fraction of sp³-hybridized carbons (Fsp3) is 0.312. The van der Waals surface area contributed by atoms with Crippen LogP contribution in [0.25, 0.3) is 17.6 Å². The predicted octanol–water partition coefficient (Wildman–Crippen LogP) is 1.96. The maximum atomic E-state index is 13.0. The molecule has 1 N–H and O–H groups in total. The Morgan fingerprint density at radius 3 is 2.73 bits per heavy atom. The number of carbonyl (C=O) groups is 1. The lowest BCUT2D eigenvalue weighted by atomic mass is 10.1. The predicted molar refractivity (Wildman–Crippen MR) is 85.1 cm³/mol. The topological polar surface area (TPSA) is 78.3 Å². The van der Waals surface area contributed by atoms with Gasteiger partial charge in [-0.25, -0.2) is 14.5 Å². The van der Waals surface area contributed by atoms with Crippen LogP contribution < -0.4 is 10.1 Å². The van der Waals surface area contributed by atoms with E-state index in [4.69, 9.17) is 9.47 Å². The first kappa shape index (κ1) is 17.9. The number of methoxy groups -OCH3 is 1. The van der Waals surface area contributed by atoms with Gasteiger partial charge in [0, 0.05) is 30.9 Å². The third-order valence-corrected chi connectivity index (χ3v) is 3.63. The van der Waals surface area contributed by atoms with Crippen LogP contribution in [0.2, 0.25) is 0 Å². The van der Waals surface area contributed by atoms with Crippen LogP contribution in [0.3, 0.4) is 0 Å². The summed E-state index contributed by atoms with van der Waals surface area (Å²) in [6, 6.07) is 3.23. The summed E-state index contributed by atoms with van der Waals surface area (Å²) in [6.45, 7) is 1.23. The molecular formula is C16H15F3N4O3. The average molecular weight is 368 g/mol. The Balaban J connectivity index is 1.77. The first-order valence-corrected chi connectivity index (χ1v) is 7.62. The molecule has 0 aliphatic carbocycles. The van der Waals surface area contributed by atoms with Gasteiger partial charge in [-0.2, -0.15) is 13.2 Å². The molecule has 0 amide bonds. The maximum absolute atomic E-state index is 13.0. The van der Waals surface area contributed by atoms with E-state index in [1.807, 2.05) is 0 Å². The van der Waals surface area contributed by atoms with Crippen molar-refractivity contribution in [1.82, 2.24) is 20.1 Å². The van der Waals surface area contributed by atoms with E-state index in [0.29, 0.717) is 13.1 Å². The lowest BCUT2D eigenvalue weighted by Gasteiger charge is -2.25. The van der Waals surface area contributed by atoms with Crippen LogP contribution in [0.15, 0.2) is 30.6 Å². The van der Waals surface area contributed by atoms with Crippen LogP contribution in [0.1, 0.15) is 5.56 Å². The van der Waals surface area contributed by atoms with Crippen molar-refractivity contribution >= 4 is 12.2 Å². The standard InChI is InChI=1S/C16H15F3N4O3/c1-25-12-5-10(4-11(6-12)16(17,18)19)15-21-9-23(22-15)3-2-14(24)26-13-7-20-8-13/h2-6,9,13,20H,7-8H2,1H3/b3-2-. The van der Waals surface area contributed by atoms with E-state index < -0.39 is 17.7 Å². The van der Waals surface area contributed by atoms with Gasteiger partial charge in [0.25, 0.3) is 0 Å². The Bertz CT molecular complexity index is 828. The smallest absolute Gasteiger partial charge is 0.416 e. The molecule has 1 aromatic heterocycles. The highest BCUT2D eigenvalue weighted by Crippen LogP contribution is 2.34. The van der Waals surface area contributed by atoms with Gasteiger partial charge in [-0.15, -0.1) is 5.10 Å². The van der Waals surface area contributed by atoms with E-state index >= 15 is 0 Å². The first-order chi connectivity index (χ1) is 12.3. The Morgan fingerprint density at radius 2 is 2.12 bits per heavy atom. The van der Waals surface area contributed by atoms with Crippen molar-refractivity contribution in [2.75, 3.05) is 20.2 Å². The highest BCUT2D eigenvalue weighted by Gasteiger charge is 2.31. The average Bonchev–Trinajstić information content (AvgIpc) is 3.04. The summed E-state index contributed by atoms with van der Waals surface area (Å²) in [5.74, 6) is -0.427. The van der Waals surface area contributed by atoms with Gasteiger partial charge in [-0.1, -0.05) is 0 Å². The lowest BCUT2D eigenvalue weighted by Crippen LogP contribution is -2.49. The van der Waals surface area contributed by atoms with Crippen LogP contribution in [0.4, 0.5) is 13.2 Å². The number of esters is 1. The highest BCUT2D eigenvalue weighted by atomic mass is 19.4. The molecule has 0 bridgehead atoms. The van der Waals surface area contributed by atoms with Crippen molar-refractivity contribution < 1.29 is 27.4 Å². The Kier molecular flexibility index (Phi) is 4.94. The number of ether oxygens (including phenoxy) is 2. The van der Waals surface area contributed by atoms with Gasteiger partial charge in [-0.05, 0) is 18.2 Å². The van der Waals surface area contributed by atoms with Crippen LogP contribution in [-0.4, -0.2) is 47.0 Å². The number of halogens is 3. The number of nitrogens with one attached hydrogen (secondary N) is 1. The van der Waals surface area contributed by atoms with Crippen molar-refractivity contribution in [2.24, 2.45) is 0 Å². The molecular weight excluding hydrogens is 353 g/mol. The molecule has 2 aromatic rings. The maximum Gasteiger partial charge on any atom is 0.416 e. The number of alkyl halides is 3. The summed E-state index contributed by atoms with van der Waals surface area (Å²) in [5, 5.41) is 7.01. The Labute approximate surface area is 146 Å². The second-order valence-electron chi connectivity index (χ2n) is 5.53. The van der Waals surface area contributed by atoms with E-state index in [2.05, 4.69) is 15.4 Å². The van der Waals surface area contributed by atoms with Crippen molar-refractivity contribution in [2.45, 2.75) is 12.3 Å². The molecule has 1 aliphatic heterocycles. The molecule has 138 valence electrons. The number of carbonyl (C=O) groups excluding carboxylic acids is 1. The molecule has 0 atom stereocenters. The second kappa shape index (κ2) is 7.16. The summed E-state index contributed by atoms with van der Waals surface area (Å²) in [6.07, 6.45) is -0.905. The molecule has 0 unspecified atom stereocenters. The first-order valence-electron chi connectivity index (χ1n) is 7.62.